The Hall–Kier alpha value is -3.51. The Labute approximate surface area is 202 Å². The van der Waals surface area contributed by atoms with Gasteiger partial charge in [0.05, 0.1) is 25.5 Å². The molecule has 34 heavy (non-hydrogen) atoms. The van der Waals surface area contributed by atoms with Crippen LogP contribution in [0, 0.1) is 0 Å². The lowest BCUT2D eigenvalue weighted by atomic mass is 10.1. The standard InChI is InChI=1S/C28H33N3O3/c1-33-26-15-9-14-25(28(32)34-2)27(26)31(22-23-10-5-3-6-11-23)21-18-29-16-19-30(20-17-29)24-12-7-4-8-13-24/h3-15H,16-22H2,1-2H3. The number of esters is 1. The Balaban J connectivity index is 1.51. The van der Waals surface area contributed by atoms with Crippen molar-refractivity contribution in [3.63, 3.8) is 0 Å². The Bertz CT molecular complexity index is 1050. The van der Waals surface area contributed by atoms with E-state index >= 15 is 0 Å². The van der Waals surface area contributed by atoms with Gasteiger partial charge in [-0.15, -0.1) is 0 Å². The lowest BCUT2D eigenvalue weighted by molar-refractivity contribution is 0.0601. The van der Waals surface area contributed by atoms with Gasteiger partial charge in [-0.05, 0) is 29.8 Å². The number of hydrogen-bond acceptors (Lipinski definition) is 6. The smallest absolute Gasteiger partial charge is 0.340 e. The van der Waals surface area contributed by atoms with Gasteiger partial charge in [-0.25, -0.2) is 4.79 Å². The van der Waals surface area contributed by atoms with Crippen molar-refractivity contribution in [3.8, 4) is 5.75 Å². The van der Waals surface area contributed by atoms with Crippen molar-refractivity contribution < 1.29 is 14.3 Å². The second-order valence-electron chi connectivity index (χ2n) is 8.42. The summed E-state index contributed by atoms with van der Waals surface area (Å²) >= 11 is 0. The van der Waals surface area contributed by atoms with Gasteiger partial charge in [0.1, 0.15) is 5.75 Å². The van der Waals surface area contributed by atoms with Gasteiger partial charge in [-0.2, -0.15) is 0 Å². The molecule has 0 N–H and O–H groups in total. The van der Waals surface area contributed by atoms with Gasteiger partial charge in [0.2, 0.25) is 0 Å². The first-order chi connectivity index (χ1) is 16.7. The van der Waals surface area contributed by atoms with E-state index in [0.29, 0.717) is 17.9 Å². The van der Waals surface area contributed by atoms with Crippen LogP contribution in [-0.4, -0.2) is 64.4 Å². The number of nitrogens with zero attached hydrogens (tertiary/aromatic N) is 3. The van der Waals surface area contributed by atoms with Crippen molar-refractivity contribution in [2.24, 2.45) is 0 Å². The van der Waals surface area contributed by atoms with Crippen molar-refractivity contribution in [1.29, 1.82) is 0 Å². The molecule has 0 aliphatic carbocycles. The number of piperazine rings is 1. The number of carbonyl (C=O) groups is 1. The largest absolute Gasteiger partial charge is 0.495 e. The maximum Gasteiger partial charge on any atom is 0.340 e. The molecule has 1 heterocycles. The van der Waals surface area contributed by atoms with Gasteiger partial charge in [-0.3, -0.25) is 4.90 Å². The number of anilines is 2. The van der Waals surface area contributed by atoms with Crippen LogP contribution in [0.5, 0.6) is 5.75 Å². The summed E-state index contributed by atoms with van der Waals surface area (Å²) in [4.78, 5) is 19.8. The zero-order chi connectivity index (χ0) is 23.8. The summed E-state index contributed by atoms with van der Waals surface area (Å²) in [5, 5.41) is 0. The van der Waals surface area contributed by atoms with E-state index in [-0.39, 0.29) is 5.97 Å². The number of para-hydroxylation sites is 2. The molecule has 1 fully saturated rings. The highest BCUT2D eigenvalue weighted by Gasteiger charge is 2.24. The SMILES string of the molecule is COC(=O)c1cccc(OC)c1N(CCN1CCN(c2ccccc2)CC1)Cc1ccccc1. The van der Waals surface area contributed by atoms with Gasteiger partial charge in [0.25, 0.3) is 0 Å². The third-order valence-electron chi connectivity index (χ3n) is 6.34. The van der Waals surface area contributed by atoms with Crippen LogP contribution in [0.1, 0.15) is 15.9 Å². The first-order valence-electron chi connectivity index (χ1n) is 11.8. The number of carbonyl (C=O) groups excluding carboxylic acids is 1. The summed E-state index contributed by atoms with van der Waals surface area (Å²) in [6, 6.07) is 26.4. The fraction of sp³-hybridized carbons (Fsp3) is 0.321. The fourth-order valence-corrected chi connectivity index (χ4v) is 4.49. The lowest BCUT2D eigenvalue weighted by Crippen LogP contribution is -2.48. The van der Waals surface area contributed by atoms with Crippen molar-refractivity contribution in [3.05, 3.63) is 90.0 Å². The van der Waals surface area contributed by atoms with E-state index in [1.54, 1.807) is 13.2 Å². The monoisotopic (exact) mass is 459 g/mol. The predicted octanol–water partition coefficient (Wildman–Crippen LogP) is 4.31. The molecule has 0 amide bonds. The minimum Gasteiger partial charge on any atom is -0.495 e. The van der Waals surface area contributed by atoms with E-state index in [1.165, 1.54) is 18.4 Å². The van der Waals surface area contributed by atoms with Crippen LogP contribution in [0.3, 0.4) is 0 Å². The van der Waals surface area contributed by atoms with Crippen LogP contribution in [0.25, 0.3) is 0 Å². The van der Waals surface area contributed by atoms with Crippen LogP contribution in [0.15, 0.2) is 78.9 Å². The van der Waals surface area contributed by atoms with Gasteiger partial charge in [-0.1, -0.05) is 54.6 Å². The second-order valence-corrected chi connectivity index (χ2v) is 8.42. The number of ether oxygens (including phenoxy) is 2. The van der Waals surface area contributed by atoms with Crippen LogP contribution in [-0.2, 0) is 11.3 Å². The molecule has 6 heteroatoms. The molecule has 0 radical (unpaired) electrons. The van der Waals surface area contributed by atoms with E-state index in [4.69, 9.17) is 9.47 Å². The van der Waals surface area contributed by atoms with Crippen LogP contribution in [0.4, 0.5) is 11.4 Å². The number of benzene rings is 3. The number of methoxy groups -OCH3 is 2. The molecule has 1 saturated heterocycles. The highest BCUT2D eigenvalue weighted by Crippen LogP contribution is 2.34. The minimum absolute atomic E-state index is 0.358. The van der Waals surface area contributed by atoms with Gasteiger partial charge >= 0.3 is 5.97 Å². The first kappa shape index (κ1) is 23.6. The van der Waals surface area contributed by atoms with E-state index in [2.05, 4.69) is 57.2 Å². The number of rotatable bonds is 9. The fourth-order valence-electron chi connectivity index (χ4n) is 4.49. The molecular formula is C28H33N3O3. The molecule has 1 aliphatic rings. The Morgan fingerprint density at radius 3 is 2.18 bits per heavy atom. The minimum atomic E-state index is -0.358. The molecule has 6 nitrogen and oxygen atoms in total. The average Bonchev–Trinajstić information content (AvgIpc) is 2.91. The molecule has 0 bridgehead atoms. The van der Waals surface area contributed by atoms with E-state index < -0.39 is 0 Å². The normalized spacial score (nSPS) is 14.0. The van der Waals surface area contributed by atoms with Crippen molar-refractivity contribution in [1.82, 2.24) is 4.90 Å². The zero-order valence-corrected chi connectivity index (χ0v) is 20.0. The average molecular weight is 460 g/mol. The van der Waals surface area contributed by atoms with Crippen LogP contribution in [0.2, 0.25) is 0 Å². The van der Waals surface area contributed by atoms with Gasteiger partial charge in [0, 0.05) is 51.5 Å². The maximum atomic E-state index is 12.6. The molecule has 178 valence electrons. The van der Waals surface area contributed by atoms with Crippen molar-refractivity contribution >= 4 is 17.3 Å². The highest BCUT2D eigenvalue weighted by molar-refractivity contribution is 5.97. The van der Waals surface area contributed by atoms with Gasteiger partial charge < -0.3 is 19.3 Å². The molecule has 0 unspecified atom stereocenters. The molecule has 3 aromatic rings. The molecule has 4 rings (SSSR count). The third kappa shape index (κ3) is 5.69. The van der Waals surface area contributed by atoms with Crippen LogP contribution >= 0.6 is 0 Å². The topological polar surface area (TPSA) is 45.3 Å². The Morgan fingerprint density at radius 1 is 0.853 bits per heavy atom. The molecule has 0 aromatic heterocycles. The summed E-state index contributed by atoms with van der Waals surface area (Å²) in [6.45, 7) is 6.36. The second kappa shape index (κ2) is 11.6. The summed E-state index contributed by atoms with van der Waals surface area (Å²) < 4.78 is 10.8. The highest BCUT2D eigenvalue weighted by atomic mass is 16.5. The molecule has 0 atom stereocenters. The molecule has 3 aromatic carbocycles. The maximum absolute atomic E-state index is 12.6. The lowest BCUT2D eigenvalue weighted by Gasteiger charge is -2.37. The first-order valence-corrected chi connectivity index (χ1v) is 11.8. The summed E-state index contributed by atoms with van der Waals surface area (Å²) in [5.41, 5.74) is 3.76. The van der Waals surface area contributed by atoms with Crippen molar-refractivity contribution in [2.45, 2.75) is 6.54 Å². The van der Waals surface area contributed by atoms with Gasteiger partial charge in [0.15, 0.2) is 0 Å². The number of hydrogen-bond donors (Lipinski definition) is 0. The van der Waals surface area contributed by atoms with Crippen molar-refractivity contribution in [2.75, 3.05) is 63.3 Å². The quantitative estimate of drug-likeness (QED) is 0.445. The van der Waals surface area contributed by atoms with E-state index in [0.717, 1.165) is 45.0 Å². The summed E-state index contributed by atoms with van der Waals surface area (Å²) in [7, 11) is 3.06. The summed E-state index contributed by atoms with van der Waals surface area (Å²) in [5.74, 6) is 0.316. The predicted molar refractivity (Wildman–Crippen MR) is 137 cm³/mol. The molecule has 0 spiro atoms. The molecule has 1 aliphatic heterocycles. The third-order valence-corrected chi connectivity index (χ3v) is 6.34. The Kier molecular flexibility index (Phi) is 8.04. The van der Waals surface area contributed by atoms with E-state index in [9.17, 15) is 4.79 Å². The summed E-state index contributed by atoms with van der Waals surface area (Å²) in [6.07, 6.45) is 0. The zero-order valence-electron chi connectivity index (χ0n) is 20.0. The molecule has 0 saturated carbocycles. The molecular weight excluding hydrogens is 426 g/mol. The van der Waals surface area contributed by atoms with Crippen LogP contribution < -0.4 is 14.5 Å². The van der Waals surface area contributed by atoms with E-state index in [1.807, 2.05) is 30.3 Å². The Morgan fingerprint density at radius 2 is 1.53 bits per heavy atom.